The first-order chi connectivity index (χ1) is 15.2. The molecular weight excluding hydrogens is 414 g/mol. The van der Waals surface area contributed by atoms with Gasteiger partial charge in [0.25, 0.3) is 0 Å². The van der Waals surface area contributed by atoms with Crippen LogP contribution in [0.25, 0.3) is 0 Å². The van der Waals surface area contributed by atoms with Gasteiger partial charge >= 0.3 is 0 Å². The summed E-state index contributed by atoms with van der Waals surface area (Å²) in [5.41, 5.74) is 1.20. The summed E-state index contributed by atoms with van der Waals surface area (Å²) in [5.74, 6) is 2.13. The molecule has 2 aliphatic rings. The van der Waals surface area contributed by atoms with E-state index >= 15 is 0 Å². The maximum Gasteiger partial charge on any atom is 0.230 e. The molecule has 0 radical (unpaired) electrons. The number of nitrogens with one attached hydrogen (secondary N) is 1. The van der Waals surface area contributed by atoms with Crippen LogP contribution in [0.15, 0.2) is 41.7 Å². The summed E-state index contributed by atoms with van der Waals surface area (Å²) >= 11 is 1.44. The number of nitrogens with zero attached hydrogens (tertiary/aromatic N) is 4. The number of hydrogen-bond donors (Lipinski definition) is 1. The van der Waals surface area contributed by atoms with Crippen molar-refractivity contribution < 1.29 is 14.3 Å². The fourth-order valence-corrected chi connectivity index (χ4v) is 4.48. The van der Waals surface area contributed by atoms with E-state index in [0.717, 1.165) is 62.2 Å². The number of methoxy groups -OCH3 is 1. The van der Waals surface area contributed by atoms with Gasteiger partial charge in [0.05, 0.1) is 19.0 Å². The van der Waals surface area contributed by atoms with Crippen molar-refractivity contribution in [2.75, 3.05) is 62.0 Å². The van der Waals surface area contributed by atoms with Crippen LogP contribution in [-0.2, 0) is 9.53 Å². The molecule has 2 aliphatic heterocycles. The number of anilines is 2. The molecule has 31 heavy (non-hydrogen) atoms. The zero-order valence-corrected chi connectivity index (χ0v) is 18.6. The van der Waals surface area contributed by atoms with Gasteiger partial charge in [-0.3, -0.25) is 4.79 Å². The maximum absolute atomic E-state index is 12.1. The Morgan fingerprint density at radius 1 is 1.19 bits per heavy atom. The second kappa shape index (κ2) is 10.7. The third-order valence-electron chi connectivity index (χ3n) is 5.57. The van der Waals surface area contributed by atoms with E-state index in [4.69, 9.17) is 9.47 Å². The van der Waals surface area contributed by atoms with E-state index in [1.807, 2.05) is 18.2 Å². The quantitative estimate of drug-likeness (QED) is 0.491. The fourth-order valence-electron chi connectivity index (χ4n) is 3.79. The van der Waals surface area contributed by atoms with E-state index in [1.54, 1.807) is 13.4 Å². The Balaban J connectivity index is 1.24. The van der Waals surface area contributed by atoms with Crippen molar-refractivity contribution in [3.05, 3.63) is 36.7 Å². The number of thioether (sulfide) groups is 1. The third kappa shape index (κ3) is 6.01. The first kappa shape index (κ1) is 21.7. The molecule has 2 saturated heterocycles. The molecule has 8 nitrogen and oxygen atoms in total. The van der Waals surface area contributed by atoms with E-state index in [1.165, 1.54) is 17.4 Å². The van der Waals surface area contributed by atoms with Crippen LogP contribution in [0.5, 0.6) is 5.75 Å². The number of carbonyl (C=O) groups excluding carboxylic acids is 1. The van der Waals surface area contributed by atoms with Crippen molar-refractivity contribution in [2.24, 2.45) is 0 Å². The average molecular weight is 444 g/mol. The molecule has 4 rings (SSSR count). The SMILES string of the molecule is COc1ccc(N2CCN(c3cc(SCC(=O)NC[C@H]4CCCO4)ncn3)CC2)cc1. The molecule has 9 heteroatoms. The minimum atomic E-state index is 0.00812. The van der Waals surface area contributed by atoms with E-state index in [2.05, 4.69) is 37.2 Å². The van der Waals surface area contributed by atoms with Crippen molar-refractivity contribution >= 4 is 29.2 Å². The van der Waals surface area contributed by atoms with Gasteiger partial charge in [0.15, 0.2) is 0 Å². The van der Waals surface area contributed by atoms with Gasteiger partial charge in [0.1, 0.15) is 22.9 Å². The summed E-state index contributed by atoms with van der Waals surface area (Å²) in [6.07, 6.45) is 3.84. The maximum atomic E-state index is 12.1. The molecule has 0 unspecified atom stereocenters. The molecular formula is C22H29N5O3S. The molecule has 1 N–H and O–H groups in total. The van der Waals surface area contributed by atoms with Crippen molar-refractivity contribution in [2.45, 2.75) is 24.0 Å². The predicted molar refractivity (Wildman–Crippen MR) is 122 cm³/mol. The molecule has 2 fully saturated rings. The second-order valence-electron chi connectivity index (χ2n) is 7.61. The number of carbonyl (C=O) groups is 1. The van der Waals surface area contributed by atoms with Crippen molar-refractivity contribution in [3.8, 4) is 5.75 Å². The zero-order valence-electron chi connectivity index (χ0n) is 17.8. The molecule has 0 spiro atoms. The highest BCUT2D eigenvalue weighted by Crippen LogP contribution is 2.24. The van der Waals surface area contributed by atoms with Gasteiger partial charge in [0, 0.05) is 51.1 Å². The normalized spacial score (nSPS) is 18.8. The lowest BCUT2D eigenvalue weighted by Crippen LogP contribution is -2.46. The highest BCUT2D eigenvalue weighted by Gasteiger charge is 2.19. The minimum Gasteiger partial charge on any atom is -0.497 e. The van der Waals surface area contributed by atoms with E-state index in [-0.39, 0.29) is 12.0 Å². The molecule has 166 valence electrons. The Kier molecular flexibility index (Phi) is 7.48. The van der Waals surface area contributed by atoms with Crippen LogP contribution in [-0.4, -0.2) is 74.2 Å². The predicted octanol–water partition coefficient (Wildman–Crippen LogP) is 2.20. The van der Waals surface area contributed by atoms with Crippen LogP contribution in [0, 0.1) is 0 Å². The molecule has 2 aromatic rings. The van der Waals surface area contributed by atoms with Gasteiger partial charge in [0.2, 0.25) is 5.91 Å². The van der Waals surface area contributed by atoms with Gasteiger partial charge in [-0.15, -0.1) is 0 Å². The highest BCUT2D eigenvalue weighted by molar-refractivity contribution is 7.99. The van der Waals surface area contributed by atoms with Gasteiger partial charge in [-0.25, -0.2) is 9.97 Å². The Morgan fingerprint density at radius 2 is 1.97 bits per heavy atom. The second-order valence-corrected chi connectivity index (χ2v) is 8.61. The Bertz CT molecular complexity index is 852. The van der Waals surface area contributed by atoms with Crippen molar-refractivity contribution in [1.29, 1.82) is 0 Å². The average Bonchev–Trinajstić information content (AvgIpc) is 3.36. The lowest BCUT2D eigenvalue weighted by Gasteiger charge is -2.36. The summed E-state index contributed by atoms with van der Waals surface area (Å²) in [5, 5.41) is 3.76. The number of piperazine rings is 1. The summed E-state index contributed by atoms with van der Waals surface area (Å²) in [7, 11) is 1.68. The van der Waals surface area contributed by atoms with Crippen LogP contribution < -0.4 is 19.9 Å². The number of aromatic nitrogens is 2. The minimum absolute atomic E-state index is 0.00812. The Labute approximate surface area is 187 Å². The van der Waals surface area contributed by atoms with Gasteiger partial charge in [-0.2, -0.15) is 0 Å². The Hall–Kier alpha value is -2.52. The zero-order chi connectivity index (χ0) is 21.5. The standard InChI is InChI=1S/C22H29N5O3S/c1-29-18-6-4-17(5-7-18)26-8-10-27(11-9-26)20-13-22(25-16-24-20)31-15-21(28)23-14-19-3-2-12-30-19/h4-7,13,16,19H,2-3,8-12,14-15H2,1H3,(H,23,28)/t19-/m1/s1. The van der Waals surface area contributed by atoms with Crippen LogP contribution >= 0.6 is 11.8 Å². The molecule has 1 aromatic carbocycles. The highest BCUT2D eigenvalue weighted by atomic mass is 32.2. The summed E-state index contributed by atoms with van der Waals surface area (Å²) in [6.45, 7) is 5.00. The summed E-state index contributed by atoms with van der Waals surface area (Å²) in [6, 6.07) is 10.1. The van der Waals surface area contributed by atoms with E-state index in [0.29, 0.717) is 12.3 Å². The summed E-state index contributed by atoms with van der Waals surface area (Å²) in [4.78, 5) is 25.5. The fraction of sp³-hybridized carbons (Fsp3) is 0.500. The molecule has 0 bridgehead atoms. The van der Waals surface area contributed by atoms with E-state index in [9.17, 15) is 4.79 Å². The molecule has 1 aromatic heterocycles. The van der Waals surface area contributed by atoms with Crippen LogP contribution in [0.1, 0.15) is 12.8 Å². The number of rotatable bonds is 8. The molecule has 1 amide bonds. The third-order valence-corrected chi connectivity index (χ3v) is 6.50. The largest absolute Gasteiger partial charge is 0.497 e. The number of ether oxygens (including phenoxy) is 2. The molecule has 3 heterocycles. The smallest absolute Gasteiger partial charge is 0.230 e. The Morgan fingerprint density at radius 3 is 2.68 bits per heavy atom. The van der Waals surface area contributed by atoms with Gasteiger partial charge in [-0.1, -0.05) is 11.8 Å². The van der Waals surface area contributed by atoms with Crippen LogP contribution in [0.2, 0.25) is 0 Å². The van der Waals surface area contributed by atoms with Crippen molar-refractivity contribution in [1.82, 2.24) is 15.3 Å². The van der Waals surface area contributed by atoms with Crippen LogP contribution in [0.4, 0.5) is 11.5 Å². The van der Waals surface area contributed by atoms with Gasteiger partial charge in [-0.05, 0) is 37.1 Å². The van der Waals surface area contributed by atoms with Gasteiger partial charge < -0.3 is 24.6 Å². The summed E-state index contributed by atoms with van der Waals surface area (Å²) < 4.78 is 10.8. The first-order valence-corrected chi connectivity index (χ1v) is 11.7. The van der Waals surface area contributed by atoms with Crippen molar-refractivity contribution in [3.63, 3.8) is 0 Å². The first-order valence-electron chi connectivity index (χ1n) is 10.7. The van der Waals surface area contributed by atoms with E-state index < -0.39 is 0 Å². The molecule has 0 aliphatic carbocycles. The molecule has 0 saturated carbocycles. The topological polar surface area (TPSA) is 79.8 Å². The number of hydrogen-bond acceptors (Lipinski definition) is 8. The lowest BCUT2D eigenvalue weighted by atomic mass is 10.2. The number of benzene rings is 1. The lowest BCUT2D eigenvalue weighted by molar-refractivity contribution is -0.119. The van der Waals surface area contributed by atoms with Crippen LogP contribution in [0.3, 0.4) is 0 Å². The molecule has 1 atom stereocenters. The number of amides is 1. The monoisotopic (exact) mass is 443 g/mol.